The zero-order chi connectivity index (χ0) is 13.0. The average Bonchev–Trinajstić information content (AvgIpc) is 2.73. The first-order chi connectivity index (χ1) is 8.65. The Balaban J connectivity index is 1.94. The zero-order valence-corrected chi connectivity index (χ0v) is 10.00. The van der Waals surface area contributed by atoms with Crippen molar-refractivity contribution in [3.63, 3.8) is 0 Å². The van der Waals surface area contributed by atoms with Gasteiger partial charge in [0.15, 0.2) is 0 Å². The molecule has 6 nitrogen and oxygen atoms in total. The predicted octanol–water partition coefficient (Wildman–Crippen LogP) is 1.05. The Morgan fingerprint density at radius 3 is 2.67 bits per heavy atom. The fourth-order valence-corrected chi connectivity index (χ4v) is 1.58. The quantitative estimate of drug-likeness (QED) is 0.824. The van der Waals surface area contributed by atoms with Crippen LogP contribution in [-0.2, 0) is 24.8 Å². The van der Waals surface area contributed by atoms with E-state index in [9.17, 15) is 4.79 Å². The van der Waals surface area contributed by atoms with Crippen molar-refractivity contribution >= 4 is 11.7 Å². The maximum Gasteiger partial charge on any atom is 0.307 e. The summed E-state index contributed by atoms with van der Waals surface area (Å²) in [6, 6.07) is 7.33. The lowest BCUT2D eigenvalue weighted by Crippen LogP contribution is -2.05. The number of aryl methyl sites for hydroxylation is 1. The number of rotatable bonds is 5. The second kappa shape index (κ2) is 5.31. The van der Waals surface area contributed by atoms with Crippen LogP contribution in [0.5, 0.6) is 0 Å². The molecule has 94 valence electrons. The summed E-state index contributed by atoms with van der Waals surface area (Å²) >= 11 is 0. The summed E-state index contributed by atoms with van der Waals surface area (Å²) in [6.07, 6.45) is 1.75. The highest BCUT2D eigenvalue weighted by molar-refractivity contribution is 5.70. The molecular weight excluding hydrogens is 232 g/mol. The molecule has 0 fully saturated rings. The first-order valence-electron chi connectivity index (χ1n) is 5.53. The molecule has 0 radical (unpaired) electrons. The molecule has 0 aliphatic rings. The van der Waals surface area contributed by atoms with Gasteiger partial charge in [-0.2, -0.15) is 0 Å². The van der Waals surface area contributed by atoms with E-state index in [4.69, 9.17) is 5.11 Å². The molecule has 1 heterocycles. The van der Waals surface area contributed by atoms with Gasteiger partial charge in [-0.1, -0.05) is 17.3 Å². The molecule has 0 amide bonds. The number of anilines is 1. The van der Waals surface area contributed by atoms with Crippen molar-refractivity contribution in [2.45, 2.75) is 13.0 Å². The van der Waals surface area contributed by atoms with Crippen LogP contribution in [0.1, 0.15) is 11.3 Å². The second-order valence-corrected chi connectivity index (χ2v) is 3.97. The van der Waals surface area contributed by atoms with Gasteiger partial charge in [-0.25, -0.2) is 0 Å². The molecule has 1 aromatic carbocycles. The van der Waals surface area contributed by atoms with Crippen molar-refractivity contribution in [1.29, 1.82) is 0 Å². The van der Waals surface area contributed by atoms with Crippen molar-refractivity contribution in [3.8, 4) is 0 Å². The zero-order valence-electron chi connectivity index (χ0n) is 10.00. The average molecular weight is 246 g/mol. The number of benzene rings is 1. The van der Waals surface area contributed by atoms with Gasteiger partial charge in [0.1, 0.15) is 0 Å². The minimum absolute atomic E-state index is 0.0476. The number of aliphatic carboxylic acids is 1. The third kappa shape index (κ3) is 3.07. The van der Waals surface area contributed by atoms with E-state index in [1.807, 2.05) is 19.2 Å². The Hall–Kier alpha value is -2.37. The summed E-state index contributed by atoms with van der Waals surface area (Å²) < 4.78 is 1.70. The molecule has 0 aliphatic heterocycles. The Labute approximate surface area is 104 Å². The van der Waals surface area contributed by atoms with Gasteiger partial charge >= 0.3 is 5.97 Å². The van der Waals surface area contributed by atoms with E-state index in [1.54, 1.807) is 23.0 Å². The molecule has 0 atom stereocenters. The fraction of sp³-hybridized carbons (Fsp3) is 0.250. The number of carboxylic acids is 1. The van der Waals surface area contributed by atoms with Crippen LogP contribution in [0.15, 0.2) is 30.5 Å². The largest absolute Gasteiger partial charge is 0.481 e. The normalized spacial score (nSPS) is 10.3. The van der Waals surface area contributed by atoms with E-state index >= 15 is 0 Å². The van der Waals surface area contributed by atoms with Crippen molar-refractivity contribution in [2.24, 2.45) is 7.05 Å². The third-order valence-corrected chi connectivity index (χ3v) is 2.59. The molecule has 18 heavy (non-hydrogen) atoms. The lowest BCUT2D eigenvalue weighted by atomic mass is 10.1. The van der Waals surface area contributed by atoms with Crippen molar-refractivity contribution in [3.05, 3.63) is 41.7 Å². The lowest BCUT2D eigenvalue weighted by molar-refractivity contribution is -0.136. The summed E-state index contributed by atoms with van der Waals surface area (Å²) in [6.45, 7) is 0.627. The molecule has 1 aromatic heterocycles. The number of carboxylic acid groups (broad SMARTS) is 1. The van der Waals surface area contributed by atoms with Gasteiger partial charge in [-0.15, -0.1) is 5.10 Å². The minimum Gasteiger partial charge on any atom is -0.481 e. The SMILES string of the molecule is Cn1nncc1CNc1ccc(CC(=O)O)cc1. The standard InChI is InChI=1S/C12H14N4O2/c1-16-11(8-14-15-16)7-13-10-4-2-9(3-5-10)6-12(17)18/h2-5,8,13H,6-7H2,1H3,(H,17,18). The van der Waals surface area contributed by atoms with Crippen LogP contribution in [0.4, 0.5) is 5.69 Å². The summed E-state index contributed by atoms with van der Waals surface area (Å²) in [5.74, 6) is -0.823. The highest BCUT2D eigenvalue weighted by atomic mass is 16.4. The van der Waals surface area contributed by atoms with Crippen molar-refractivity contribution in [1.82, 2.24) is 15.0 Å². The van der Waals surface area contributed by atoms with E-state index in [1.165, 1.54) is 0 Å². The maximum atomic E-state index is 10.5. The Bertz CT molecular complexity index is 533. The number of nitrogens with one attached hydrogen (secondary N) is 1. The van der Waals surface area contributed by atoms with E-state index < -0.39 is 5.97 Å². The molecule has 6 heteroatoms. The summed E-state index contributed by atoms with van der Waals surface area (Å²) in [4.78, 5) is 10.5. The number of hydrogen-bond donors (Lipinski definition) is 2. The molecule has 0 saturated heterocycles. The van der Waals surface area contributed by atoms with Gasteiger partial charge in [0.05, 0.1) is 24.9 Å². The first kappa shape index (κ1) is 12.1. The third-order valence-electron chi connectivity index (χ3n) is 2.59. The Kier molecular flexibility index (Phi) is 3.57. The number of hydrogen-bond acceptors (Lipinski definition) is 4. The van der Waals surface area contributed by atoms with Crippen molar-refractivity contribution in [2.75, 3.05) is 5.32 Å². The van der Waals surface area contributed by atoms with Gasteiger partial charge in [-0.05, 0) is 17.7 Å². The van der Waals surface area contributed by atoms with Gasteiger partial charge in [0.2, 0.25) is 0 Å². The molecule has 0 unspecified atom stereocenters. The van der Waals surface area contributed by atoms with Crippen LogP contribution < -0.4 is 5.32 Å². The van der Waals surface area contributed by atoms with Crippen molar-refractivity contribution < 1.29 is 9.90 Å². The molecule has 2 rings (SSSR count). The van der Waals surface area contributed by atoms with Crippen LogP contribution >= 0.6 is 0 Å². The van der Waals surface area contributed by atoms with Gasteiger partial charge < -0.3 is 10.4 Å². The lowest BCUT2D eigenvalue weighted by Gasteiger charge is -2.06. The van der Waals surface area contributed by atoms with E-state index in [0.717, 1.165) is 16.9 Å². The molecule has 2 N–H and O–H groups in total. The summed E-state index contributed by atoms with van der Waals surface area (Å²) in [7, 11) is 1.83. The predicted molar refractivity (Wildman–Crippen MR) is 66.1 cm³/mol. The van der Waals surface area contributed by atoms with Crippen LogP contribution in [0.2, 0.25) is 0 Å². The molecule has 0 bridgehead atoms. The highest BCUT2D eigenvalue weighted by Gasteiger charge is 2.01. The maximum absolute atomic E-state index is 10.5. The summed E-state index contributed by atoms with van der Waals surface area (Å²) in [5, 5.41) is 19.5. The van der Waals surface area contributed by atoms with E-state index in [-0.39, 0.29) is 6.42 Å². The number of carbonyl (C=O) groups is 1. The fourth-order valence-electron chi connectivity index (χ4n) is 1.58. The minimum atomic E-state index is -0.823. The number of nitrogens with zero attached hydrogens (tertiary/aromatic N) is 3. The van der Waals surface area contributed by atoms with E-state index in [0.29, 0.717) is 6.54 Å². The summed E-state index contributed by atoms with van der Waals surface area (Å²) in [5.41, 5.74) is 2.70. The second-order valence-electron chi connectivity index (χ2n) is 3.97. The topological polar surface area (TPSA) is 80.0 Å². The van der Waals surface area contributed by atoms with Crippen LogP contribution in [0.25, 0.3) is 0 Å². The Morgan fingerprint density at radius 2 is 2.11 bits per heavy atom. The van der Waals surface area contributed by atoms with Gasteiger partial charge in [0, 0.05) is 12.7 Å². The highest BCUT2D eigenvalue weighted by Crippen LogP contribution is 2.11. The van der Waals surface area contributed by atoms with Crippen LogP contribution in [0.3, 0.4) is 0 Å². The van der Waals surface area contributed by atoms with Crippen LogP contribution in [-0.4, -0.2) is 26.1 Å². The van der Waals surface area contributed by atoms with E-state index in [2.05, 4.69) is 15.6 Å². The monoisotopic (exact) mass is 246 g/mol. The Morgan fingerprint density at radius 1 is 1.39 bits per heavy atom. The smallest absolute Gasteiger partial charge is 0.307 e. The number of aromatic nitrogens is 3. The molecule has 0 saturated carbocycles. The van der Waals surface area contributed by atoms with Crippen LogP contribution in [0, 0.1) is 0 Å². The molecule has 0 spiro atoms. The van der Waals surface area contributed by atoms with Gasteiger partial charge in [-0.3, -0.25) is 9.48 Å². The first-order valence-corrected chi connectivity index (χ1v) is 5.53. The van der Waals surface area contributed by atoms with Gasteiger partial charge in [0.25, 0.3) is 0 Å². The molecule has 2 aromatic rings. The molecular formula is C12H14N4O2. The molecule has 0 aliphatic carbocycles.